The minimum Gasteiger partial charge on any atom is -0.487 e. The summed E-state index contributed by atoms with van der Waals surface area (Å²) in [5.74, 6) is 0.436. The molecule has 0 unspecified atom stereocenters. The second-order valence-corrected chi connectivity index (χ2v) is 3.89. The maximum absolute atomic E-state index is 10.9. The molecule has 16 heavy (non-hydrogen) atoms. The quantitative estimate of drug-likeness (QED) is 0.461. The Balaban J connectivity index is 2.10. The van der Waals surface area contributed by atoms with Gasteiger partial charge in [0.25, 0.3) is 0 Å². The third-order valence-electron chi connectivity index (χ3n) is 1.99. The van der Waals surface area contributed by atoms with Gasteiger partial charge in [0.1, 0.15) is 12.7 Å². The second-order valence-electron chi connectivity index (χ2n) is 3.45. The molecule has 5 heteroatoms. The standard InChI is InChI=1S/C11H11ClO4/c1-7(13)16-10-3-2-8(12)4-11(10)15-6-9-5-14-9/h2-4,9H,5-6H2,1H3/t9-/m1/s1. The van der Waals surface area contributed by atoms with E-state index < -0.39 is 5.97 Å². The first-order chi connectivity index (χ1) is 7.65. The lowest BCUT2D eigenvalue weighted by atomic mass is 10.3. The third-order valence-corrected chi connectivity index (χ3v) is 2.22. The zero-order valence-corrected chi connectivity index (χ0v) is 9.49. The van der Waals surface area contributed by atoms with Crippen LogP contribution in [0.3, 0.4) is 0 Å². The van der Waals surface area contributed by atoms with E-state index in [0.717, 1.165) is 0 Å². The van der Waals surface area contributed by atoms with Crippen LogP contribution in [0.15, 0.2) is 18.2 Å². The molecule has 1 aliphatic rings. The number of halogens is 1. The highest BCUT2D eigenvalue weighted by Gasteiger charge is 2.23. The van der Waals surface area contributed by atoms with E-state index in [4.69, 9.17) is 25.8 Å². The van der Waals surface area contributed by atoms with Crippen molar-refractivity contribution < 1.29 is 19.0 Å². The molecule has 86 valence electrons. The van der Waals surface area contributed by atoms with Gasteiger partial charge in [-0.15, -0.1) is 0 Å². The fourth-order valence-electron chi connectivity index (χ4n) is 1.18. The van der Waals surface area contributed by atoms with Crippen molar-refractivity contribution in [2.75, 3.05) is 13.2 Å². The molecule has 1 heterocycles. The maximum Gasteiger partial charge on any atom is 0.308 e. The van der Waals surface area contributed by atoms with Gasteiger partial charge < -0.3 is 14.2 Å². The van der Waals surface area contributed by atoms with Gasteiger partial charge in [0.05, 0.1) is 6.61 Å². The number of epoxide rings is 1. The Labute approximate surface area is 98.1 Å². The number of hydrogen-bond acceptors (Lipinski definition) is 4. The van der Waals surface area contributed by atoms with Crippen LogP contribution in [0.5, 0.6) is 11.5 Å². The smallest absolute Gasteiger partial charge is 0.308 e. The van der Waals surface area contributed by atoms with Gasteiger partial charge >= 0.3 is 5.97 Å². The molecule has 0 bridgehead atoms. The molecule has 0 spiro atoms. The summed E-state index contributed by atoms with van der Waals surface area (Å²) in [4.78, 5) is 10.9. The van der Waals surface area contributed by atoms with Crippen LogP contribution < -0.4 is 9.47 Å². The monoisotopic (exact) mass is 242 g/mol. The Bertz CT molecular complexity index is 401. The molecule has 0 saturated carbocycles. The molecule has 1 saturated heterocycles. The number of rotatable bonds is 4. The molecular formula is C11H11ClO4. The average Bonchev–Trinajstić information content (AvgIpc) is 3.01. The molecule has 1 atom stereocenters. The maximum atomic E-state index is 10.9. The molecule has 0 amide bonds. The first-order valence-electron chi connectivity index (χ1n) is 4.87. The van der Waals surface area contributed by atoms with Gasteiger partial charge in [-0.25, -0.2) is 0 Å². The predicted molar refractivity (Wildman–Crippen MR) is 58.0 cm³/mol. The van der Waals surface area contributed by atoms with Crippen LogP contribution in [0, 0.1) is 0 Å². The van der Waals surface area contributed by atoms with Crippen LogP contribution in [-0.2, 0) is 9.53 Å². The van der Waals surface area contributed by atoms with Crippen LogP contribution >= 0.6 is 11.6 Å². The Morgan fingerprint density at radius 1 is 1.56 bits per heavy atom. The molecule has 2 rings (SSSR count). The summed E-state index contributed by atoms with van der Waals surface area (Å²) < 4.78 is 15.5. The van der Waals surface area contributed by atoms with Gasteiger partial charge in [-0.05, 0) is 12.1 Å². The largest absolute Gasteiger partial charge is 0.487 e. The number of carbonyl (C=O) groups is 1. The van der Waals surface area contributed by atoms with Crippen LogP contribution in [0.1, 0.15) is 6.92 Å². The lowest BCUT2D eigenvalue weighted by Gasteiger charge is -2.10. The predicted octanol–water partition coefficient (Wildman–Crippen LogP) is 2.04. The van der Waals surface area contributed by atoms with E-state index in [2.05, 4.69) is 0 Å². The number of ether oxygens (including phenoxy) is 3. The Kier molecular flexibility index (Phi) is 3.31. The average molecular weight is 243 g/mol. The molecule has 1 aliphatic heterocycles. The topological polar surface area (TPSA) is 48.1 Å². The van der Waals surface area contributed by atoms with Gasteiger partial charge in [-0.1, -0.05) is 11.6 Å². The number of hydrogen-bond donors (Lipinski definition) is 0. The lowest BCUT2D eigenvalue weighted by Crippen LogP contribution is -2.07. The van der Waals surface area contributed by atoms with E-state index in [1.807, 2.05) is 0 Å². The first-order valence-corrected chi connectivity index (χ1v) is 5.25. The Morgan fingerprint density at radius 2 is 2.31 bits per heavy atom. The molecule has 1 aromatic carbocycles. The van der Waals surface area contributed by atoms with E-state index in [-0.39, 0.29) is 6.10 Å². The molecule has 0 aliphatic carbocycles. The van der Waals surface area contributed by atoms with Gasteiger partial charge in [-0.2, -0.15) is 0 Å². The molecule has 1 fully saturated rings. The second kappa shape index (κ2) is 4.72. The summed E-state index contributed by atoms with van der Waals surface area (Å²) in [5, 5.41) is 0.530. The summed E-state index contributed by atoms with van der Waals surface area (Å²) >= 11 is 5.83. The van der Waals surface area contributed by atoms with Gasteiger partial charge in [0, 0.05) is 18.0 Å². The number of carbonyl (C=O) groups excluding carboxylic acids is 1. The van der Waals surface area contributed by atoms with Crippen molar-refractivity contribution in [2.24, 2.45) is 0 Å². The Morgan fingerprint density at radius 3 is 2.94 bits per heavy atom. The highest BCUT2D eigenvalue weighted by molar-refractivity contribution is 6.30. The molecule has 0 radical (unpaired) electrons. The van der Waals surface area contributed by atoms with Crippen molar-refractivity contribution in [1.29, 1.82) is 0 Å². The van der Waals surface area contributed by atoms with E-state index in [1.54, 1.807) is 18.2 Å². The minimum atomic E-state index is -0.394. The zero-order chi connectivity index (χ0) is 11.5. The summed E-state index contributed by atoms with van der Waals surface area (Å²) in [6.45, 7) is 2.49. The number of esters is 1. The Hall–Kier alpha value is -1.26. The van der Waals surface area contributed by atoms with Crippen molar-refractivity contribution >= 4 is 17.6 Å². The fourth-order valence-corrected chi connectivity index (χ4v) is 1.34. The molecular weight excluding hydrogens is 232 g/mol. The van der Waals surface area contributed by atoms with E-state index in [9.17, 15) is 4.79 Å². The SMILES string of the molecule is CC(=O)Oc1ccc(Cl)cc1OC[C@H]1CO1. The zero-order valence-electron chi connectivity index (χ0n) is 8.73. The summed E-state index contributed by atoms with van der Waals surface area (Å²) in [7, 11) is 0. The molecule has 0 aromatic heterocycles. The van der Waals surface area contributed by atoms with E-state index >= 15 is 0 Å². The van der Waals surface area contributed by atoms with Crippen LogP contribution in [0.25, 0.3) is 0 Å². The van der Waals surface area contributed by atoms with Crippen molar-refractivity contribution in [1.82, 2.24) is 0 Å². The van der Waals surface area contributed by atoms with Gasteiger partial charge in [-0.3, -0.25) is 4.79 Å². The van der Waals surface area contributed by atoms with Crippen LogP contribution in [0.2, 0.25) is 5.02 Å². The summed E-state index contributed by atoms with van der Waals surface area (Å²) in [6, 6.07) is 4.86. The van der Waals surface area contributed by atoms with E-state index in [1.165, 1.54) is 6.92 Å². The van der Waals surface area contributed by atoms with Crippen molar-refractivity contribution in [3.8, 4) is 11.5 Å². The van der Waals surface area contributed by atoms with Crippen molar-refractivity contribution in [2.45, 2.75) is 13.0 Å². The number of benzene rings is 1. The third kappa shape index (κ3) is 3.12. The molecule has 1 aromatic rings. The first kappa shape index (κ1) is 11.2. The molecule has 4 nitrogen and oxygen atoms in total. The van der Waals surface area contributed by atoms with E-state index in [0.29, 0.717) is 29.7 Å². The van der Waals surface area contributed by atoms with Crippen molar-refractivity contribution in [3.05, 3.63) is 23.2 Å². The minimum absolute atomic E-state index is 0.143. The van der Waals surface area contributed by atoms with Gasteiger partial charge in [0.2, 0.25) is 0 Å². The van der Waals surface area contributed by atoms with Crippen molar-refractivity contribution in [3.63, 3.8) is 0 Å². The molecule has 0 N–H and O–H groups in total. The van der Waals surface area contributed by atoms with Gasteiger partial charge in [0.15, 0.2) is 11.5 Å². The van der Waals surface area contributed by atoms with Crippen LogP contribution in [-0.4, -0.2) is 25.3 Å². The highest BCUT2D eigenvalue weighted by atomic mass is 35.5. The summed E-state index contributed by atoms with van der Waals surface area (Å²) in [6.07, 6.45) is 0.143. The summed E-state index contributed by atoms with van der Waals surface area (Å²) in [5.41, 5.74) is 0. The van der Waals surface area contributed by atoms with Crippen LogP contribution in [0.4, 0.5) is 0 Å². The normalized spacial score (nSPS) is 18.0. The fraction of sp³-hybridized carbons (Fsp3) is 0.364. The lowest BCUT2D eigenvalue weighted by molar-refractivity contribution is -0.132. The highest BCUT2D eigenvalue weighted by Crippen LogP contribution is 2.31.